The number of likely N-dealkylation sites (N-methyl/N-ethyl adjacent to an activating group) is 1. The Morgan fingerprint density at radius 3 is 2.73 bits per heavy atom. The summed E-state index contributed by atoms with van der Waals surface area (Å²) in [5, 5.41) is 14.9. The van der Waals surface area contributed by atoms with Crippen LogP contribution >= 0.6 is 0 Å². The minimum Gasteiger partial charge on any atom is -0.383 e. The highest BCUT2D eigenvalue weighted by Crippen LogP contribution is 2.26. The predicted octanol–water partition coefficient (Wildman–Crippen LogP) is 3.25. The summed E-state index contributed by atoms with van der Waals surface area (Å²) in [6, 6.07) is 14.2. The molecule has 1 aromatic heterocycles. The van der Waals surface area contributed by atoms with Crippen LogP contribution in [0.4, 0.5) is 22.9 Å². The second kappa shape index (κ2) is 16.9. The number of hydrogen-bond acceptors (Lipinski definition) is 9. The van der Waals surface area contributed by atoms with Gasteiger partial charge in [0.25, 0.3) is 11.8 Å². The summed E-state index contributed by atoms with van der Waals surface area (Å²) in [6.45, 7) is 9.40. The van der Waals surface area contributed by atoms with Crippen molar-refractivity contribution >= 4 is 51.8 Å². The van der Waals surface area contributed by atoms with E-state index in [0.717, 1.165) is 16.5 Å². The molecule has 41 heavy (non-hydrogen) atoms. The number of nitrogens with zero attached hydrogens (tertiary/aromatic N) is 3. The molecule has 0 bridgehead atoms. The smallest absolute Gasteiger partial charge is 0.259 e. The normalized spacial score (nSPS) is 15.1. The molecule has 4 N–H and O–H groups in total. The van der Waals surface area contributed by atoms with Crippen molar-refractivity contribution in [2.45, 2.75) is 39.9 Å². The van der Waals surface area contributed by atoms with Gasteiger partial charge >= 0.3 is 0 Å². The molecule has 11 heteroatoms. The Balaban J connectivity index is 0.00000141. The second-order valence-electron chi connectivity index (χ2n) is 8.53. The number of aliphatic hydroxyl groups is 1. The van der Waals surface area contributed by atoms with Gasteiger partial charge in [0.2, 0.25) is 0 Å². The molecule has 2 atom stereocenters. The molecule has 4 rings (SSSR count). The monoisotopic (exact) mass is 567 g/mol. The van der Waals surface area contributed by atoms with Crippen molar-refractivity contribution in [1.82, 2.24) is 4.98 Å². The summed E-state index contributed by atoms with van der Waals surface area (Å²) in [5.41, 5.74) is 7.77. The van der Waals surface area contributed by atoms with E-state index in [1.807, 2.05) is 57.8 Å². The van der Waals surface area contributed by atoms with Crippen molar-refractivity contribution < 1.29 is 29.0 Å². The number of carbonyl (C=O) groups excluding carboxylic acids is 3. The summed E-state index contributed by atoms with van der Waals surface area (Å²) in [6.07, 6.45) is -0.803. The Labute approximate surface area is 241 Å². The van der Waals surface area contributed by atoms with Crippen LogP contribution in [-0.2, 0) is 23.9 Å². The van der Waals surface area contributed by atoms with Gasteiger partial charge in [0.15, 0.2) is 12.2 Å². The average Bonchev–Trinajstić information content (AvgIpc) is 3.01. The van der Waals surface area contributed by atoms with E-state index in [1.165, 1.54) is 4.90 Å². The Morgan fingerprint density at radius 2 is 2.00 bits per heavy atom. The van der Waals surface area contributed by atoms with Crippen molar-refractivity contribution in [1.29, 1.82) is 0 Å². The first-order valence-corrected chi connectivity index (χ1v) is 13.8. The number of rotatable bonds is 10. The zero-order chi connectivity index (χ0) is 30.4. The van der Waals surface area contributed by atoms with E-state index in [-0.39, 0.29) is 19.8 Å². The van der Waals surface area contributed by atoms with E-state index in [0.29, 0.717) is 36.6 Å². The molecule has 2 unspecified atom stereocenters. The van der Waals surface area contributed by atoms with Gasteiger partial charge < -0.3 is 40.2 Å². The molecular formula is C30H41N5O6. The van der Waals surface area contributed by atoms with E-state index in [2.05, 4.69) is 10.3 Å². The standard InChI is InChI=1S/C26H29N5O6.2C2H6/c1-30(9-12-36-14-11-32)19-3-2-4-20(16-19)31-10-13-37-23(26(31)35)22(33)25(34)29-18-5-6-21-17(15-18)7-8-28-24(21)27;2*1-2/h2-8,11,15-16,22-23,33H,9-10,12-14H2,1H3,(H2,27,28)(H,29,34);2*1-2H3. The number of anilines is 4. The molecule has 2 aromatic carbocycles. The van der Waals surface area contributed by atoms with Crippen LogP contribution in [0.25, 0.3) is 10.8 Å². The molecule has 0 aliphatic carbocycles. The van der Waals surface area contributed by atoms with E-state index >= 15 is 0 Å². The third-order valence-electron chi connectivity index (χ3n) is 6.08. The van der Waals surface area contributed by atoms with Gasteiger partial charge in [-0.05, 0) is 47.9 Å². The summed E-state index contributed by atoms with van der Waals surface area (Å²) in [5.74, 6) is -0.899. The molecule has 11 nitrogen and oxygen atoms in total. The Hall–Kier alpha value is -4.06. The van der Waals surface area contributed by atoms with E-state index < -0.39 is 24.0 Å². The molecule has 0 spiro atoms. The maximum absolute atomic E-state index is 13.2. The van der Waals surface area contributed by atoms with Crippen LogP contribution in [0.15, 0.2) is 54.7 Å². The largest absolute Gasteiger partial charge is 0.383 e. The van der Waals surface area contributed by atoms with Gasteiger partial charge in [0.1, 0.15) is 18.7 Å². The number of nitrogens with one attached hydrogen (secondary N) is 1. The minimum atomic E-state index is -1.71. The van der Waals surface area contributed by atoms with Crippen molar-refractivity contribution in [3.8, 4) is 0 Å². The maximum atomic E-state index is 13.2. The van der Waals surface area contributed by atoms with Gasteiger partial charge in [-0.15, -0.1) is 0 Å². The number of aromatic nitrogens is 1. The summed E-state index contributed by atoms with van der Waals surface area (Å²) < 4.78 is 10.7. The van der Waals surface area contributed by atoms with Gasteiger partial charge in [0.05, 0.1) is 13.2 Å². The number of aliphatic hydroxyl groups excluding tert-OH is 1. The van der Waals surface area contributed by atoms with Gasteiger partial charge in [0, 0.05) is 48.8 Å². The highest BCUT2D eigenvalue weighted by molar-refractivity contribution is 6.04. The lowest BCUT2D eigenvalue weighted by Crippen LogP contribution is -2.55. The first-order chi connectivity index (χ1) is 19.9. The SMILES string of the molecule is CC.CC.CN(CCOCC=O)c1cccc(N2CCOC(C(O)C(=O)Nc3ccc4c(N)nccc4c3)C2=O)c1. The number of morpholine rings is 1. The van der Waals surface area contributed by atoms with Crippen molar-refractivity contribution in [2.75, 3.05) is 60.8 Å². The fraction of sp³-hybridized carbons (Fsp3) is 0.400. The topological polar surface area (TPSA) is 147 Å². The number of benzene rings is 2. The summed E-state index contributed by atoms with van der Waals surface area (Å²) >= 11 is 0. The number of fused-ring (bicyclic) bond motifs is 1. The van der Waals surface area contributed by atoms with Crippen LogP contribution in [0.5, 0.6) is 0 Å². The Kier molecular flexibility index (Phi) is 13.7. The molecule has 2 amide bonds. The minimum absolute atomic E-state index is 0.0421. The van der Waals surface area contributed by atoms with Crippen molar-refractivity contribution in [3.05, 3.63) is 54.7 Å². The number of ether oxygens (including phenoxy) is 2. The molecule has 1 saturated heterocycles. The van der Waals surface area contributed by atoms with Crippen molar-refractivity contribution in [2.24, 2.45) is 0 Å². The number of hydrogen-bond donors (Lipinski definition) is 3. The average molecular weight is 568 g/mol. The number of aldehydes is 1. The van der Waals surface area contributed by atoms with E-state index in [9.17, 15) is 19.5 Å². The summed E-state index contributed by atoms with van der Waals surface area (Å²) in [4.78, 5) is 43.9. The lowest BCUT2D eigenvalue weighted by Gasteiger charge is -2.34. The van der Waals surface area contributed by atoms with E-state index in [1.54, 1.807) is 36.5 Å². The van der Waals surface area contributed by atoms with E-state index in [4.69, 9.17) is 15.2 Å². The predicted molar refractivity (Wildman–Crippen MR) is 162 cm³/mol. The van der Waals surface area contributed by atoms with Crippen LogP contribution < -0.4 is 20.9 Å². The first-order valence-electron chi connectivity index (χ1n) is 13.8. The summed E-state index contributed by atoms with van der Waals surface area (Å²) in [7, 11) is 1.87. The first kappa shape index (κ1) is 33.1. The highest BCUT2D eigenvalue weighted by atomic mass is 16.5. The molecule has 222 valence electrons. The van der Waals surface area contributed by atoms with Crippen LogP contribution in [0.3, 0.4) is 0 Å². The number of amides is 2. The third-order valence-corrected chi connectivity index (χ3v) is 6.08. The third kappa shape index (κ3) is 8.71. The van der Waals surface area contributed by atoms with Gasteiger partial charge in [-0.2, -0.15) is 0 Å². The lowest BCUT2D eigenvalue weighted by molar-refractivity contribution is -0.150. The number of carbonyl (C=O) groups is 3. The maximum Gasteiger partial charge on any atom is 0.259 e. The molecule has 3 aromatic rings. The van der Waals surface area contributed by atoms with Crippen LogP contribution in [0.2, 0.25) is 0 Å². The molecule has 1 aliphatic heterocycles. The Bertz CT molecular complexity index is 1290. The second-order valence-corrected chi connectivity index (χ2v) is 8.53. The zero-order valence-electron chi connectivity index (χ0n) is 24.4. The fourth-order valence-corrected chi connectivity index (χ4v) is 4.08. The quantitative estimate of drug-likeness (QED) is 0.248. The molecule has 1 fully saturated rings. The molecular weight excluding hydrogens is 526 g/mol. The molecule has 0 radical (unpaired) electrons. The zero-order valence-corrected chi connectivity index (χ0v) is 24.4. The van der Waals surface area contributed by atoms with Crippen LogP contribution in [0, 0.1) is 0 Å². The fourth-order valence-electron chi connectivity index (χ4n) is 4.08. The van der Waals surface area contributed by atoms with Crippen LogP contribution in [0.1, 0.15) is 27.7 Å². The number of pyridine rings is 1. The van der Waals surface area contributed by atoms with Crippen molar-refractivity contribution in [3.63, 3.8) is 0 Å². The molecule has 0 saturated carbocycles. The lowest BCUT2D eigenvalue weighted by atomic mass is 10.1. The number of nitrogen functional groups attached to an aromatic ring is 1. The highest BCUT2D eigenvalue weighted by Gasteiger charge is 2.39. The number of nitrogens with two attached hydrogens (primary N) is 1. The molecule has 1 aliphatic rings. The molecule has 2 heterocycles. The van der Waals surface area contributed by atoms with Gasteiger partial charge in [-0.25, -0.2) is 4.98 Å². The van der Waals surface area contributed by atoms with Crippen LogP contribution in [-0.4, -0.2) is 80.4 Å². The van der Waals surface area contributed by atoms with Gasteiger partial charge in [-0.1, -0.05) is 33.8 Å². The Morgan fingerprint density at radius 1 is 1.24 bits per heavy atom. The van der Waals surface area contributed by atoms with Gasteiger partial charge in [-0.3, -0.25) is 9.59 Å².